The molecule has 1 aromatic heterocycles. The number of anilines is 1. The largest absolute Gasteiger partial charge is 0.381 e. The lowest BCUT2D eigenvalue weighted by Crippen LogP contribution is -2.48. The van der Waals surface area contributed by atoms with Crippen molar-refractivity contribution in [1.29, 1.82) is 0 Å². The molecular weight excluding hydrogens is 228 g/mol. The summed E-state index contributed by atoms with van der Waals surface area (Å²) < 4.78 is 0.950. The fraction of sp³-hybridized carbons (Fsp3) is 0.500. The van der Waals surface area contributed by atoms with Crippen LogP contribution >= 0.6 is 15.9 Å². The Morgan fingerprint density at radius 3 is 3.15 bits per heavy atom. The van der Waals surface area contributed by atoms with Crippen molar-refractivity contribution in [2.24, 2.45) is 5.92 Å². The molecule has 68 valence electrons. The molecule has 3 unspecified atom stereocenters. The molecule has 3 heterocycles. The molecule has 1 N–H and O–H groups in total. The highest BCUT2D eigenvalue weighted by atomic mass is 79.9. The number of hydrogen-bond donors (Lipinski definition) is 1. The van der Waals surface area contributed by atoms with Gasteiger partial charge in [-0.05, 0) is 40.4 Å². The standard InChI is InChI=1S/C10H11BrN2/c1-5-6-4-8(5)12-7-2-3-9(11)13-10(6)7/h2-3,5-6,8,12H,4H2,1H3. The maximum absolute atomic E-state index is 4.54. The van der Waals surface area contributed by atoms with Crippen LogP contribution in [0.3, 0.4) is 0 Å². The molecule has 3 heteroatoms. The number of nitrogens with one attached hydrogen (secondary N) is 1. The predicted molar refractivity (Wildman–Crippen MR) is 55.9 cm³/mol. The van der Waals surface area contributed by atoms with E-state index in [0.717, 1.165) is 10.5 Å². The average molecular weight is 239 g/mol. The Balaban J connectivity index is 2.12. The Morgan fingerprint density at radius 2 is 2.38 bits per heavy atom. The van der Waals surface area contributed by atoms with Gasteiger partial charge in [-0.15, -0.1) is 0 Å². The summed E-state index contributed by atoms with van der Waals surface area (Å²) in [5, 5.41) is 3.52. The lowest BCUT2D eigenvalue weighted by atomic mass is 9.65. The first-order valence-electron chi connectivity index (χ1n) is 4.68. The van der Waals surface area contributed by atoms with Crippen molar-refractivity contribution in [3.63, 3.8) is 0 Å². The van der Waals surface area contributed by atoms with E-state index in [2.05, 4.69) is 39.2 Å². The quantitative estimate of drug-likeness (QED) is 0.704. The molecule has 3 aliphatic rings. The molecular formula is C10H11BrN2. The Kier molecular flexibility index (Phi) is 1.48. The molecule has 13 heavy (non-hydrogen) atoms. The number of nitrogens with zero attached hydrogens (tertiary/aromatic N) is 1. The van der Waals surface area contributed by atoms with E-state index in [9.17, 15) is 0 Å². The molecule has 2 aliphatic heterocycles. The molecule has 1 fully saturated rings. The summed E-state index contributed by atoms with van der Waals surface area (Å²) in [6.45, 7) is 2.30. The van der Waals surface area contributed by atoms with Gasteiger partial charge >= 0.3 is 0 Å². The summed E-state index contributed by atoms with van der Waals surface area (Å²) in [5.74, 6) is 1.45. The molecule has 4 rings (SSSR count). The SMILES string of the molecule is CC1C2CC1c1nc(Br)ccc1N2. The minimum Gasteiger partial charge on any atom is -0.381 e. The van der Waals surface area contributed by atoms with Crippen molar-refractivity contribution in [3.05, 3.63) is 22.4 Å². The minimum absolute atomic E-state index is 0.693. The van der Waals surface area contributed by atoms with E-state index in [0.29, 0.717) is 12.0 Å². The van der Waals surface area contributed by atoms with Crippen LogP contribution in [0.5, 0.6) is 0 Å². The van der Waals surface area contributed by atoms with Crippen LogP contribution in [0.25, 0.3) is 0 Å². The van der Waals surface area contributed by atoms with Gasteiger partial charge in [-0.2, -0.15) is 0 Å². The maximum Gasteiger partial charge on any atom is 0.106 e. The Hall–Kier alpha value is -0.570. The number of rotatable bonds is 0. The molecule has 1 aromatic rings. The number of pyridine rings is 1. The van der Waals surface area contributed by atoms with Crippen LogP contribution in [0, 0.1) is 5.92 Å². The van der Waals surface area contributed by atoms with Gasteiger partial charge in [0.1, 0.15) is 4.60 Å². The molecule has 0 saturated heterocycles. The molecule has 2 nitrogen and oxygen atoms in total. The highest BCUT2D eigenvalue weighted by Gasteiger charge is 2.44. The normalized spacial score (nSPS) is 34.5. The number of aromatic nitrogens is 1. The lowest BCUT2D eigenvalue weighted by Gasteiger charge is -2.48. The highest BCUT2D eigenvalue weighted by molar-refractivity contribution is 9.10. The zero-order valence-corrected chi connectivity index (χ0v) is 9.01. The number of hydrogen-bond acceptors (Lipinski definition) is 2. The van der Waals surface area contributed by atoms with Gasteiger partial charge in [-0.3, -0.25) is 0 Å². The summed E-state index contributed by atoms with van der Waals surface area (Å²) in [4.78, 5) is 4.54. The van der Waals surface area contributed by atoms with Gasteiger partial charge in [-0.1, -0.05) is 6.92 Å². The first kappa shape index (κ1) is 7.80. The molecule has 1 aliphatic carbocycles. The van der Waals surface area contributed by atoms with E-state index in [1.165, 1.54) is 17.8 Å². The van der Waals surface area contributed by atoms with Crippen molar-refractivity contribution < 1.29 is 0 Å². The van der Waals surface area contributed by atoms with Gasteiger partial charge in [0.15, 0.2) is 0 Å². The van der Waals surface area contributed by atoms with Gasteiger partial charge in [0.05, 0.1) is 11.4 Å². The molecule has 1 saturated carbocycles. The van der Waals surface area contributed by atoms with Gasteiger partial charge in [-0.25, -0.2) is 4.98 Å². The molecule has 0 spiro atoms. The first-order chi connectivity index (χ1) is 6.25. The van der Waals surface area contributed by atoms with Crippen LogP contribution < -0.4 is 5.32 Å². The molecule has 0 aromatic carbocycles. The van der Waals surface area contributed by atoms with Crippen LogP contribution in [-0.2, 0) is 0 Å². The Morgan fingerprint density at radius 1 is 1.54 bits per heavy atom. The van der Waals surface area contributed by atoms with Gasteiger partial charge < -0.3 is 5.32 Å². The van der Waals surface area contributed by atoms with Crippen molar-refractivity contribution in [2.45, 2.75) is 25.3 Å². The van der Waals surface area contributed by atoms with E-state index in [-0.39, 0.29) is 0 Å². The third-order valence-corrected chi connectivity index (χ3v) is 3.80. The lowest BCUT2D eigenvalue weighted by molar-refractivity contribution is 0.226. The average Bonchev–Trinajstić information content (AvgIpc) is 2.15. The zero-order chi connectivity index (χ0) is 9.00. The smallest absolute Gasteiger partial charge is 0.106 e. The van der Waals surface area contributed by atoms with Crippen LogP contribution in [0.1, 0.15) is 25.0 Å². The summed E-state index contributed by atoms with van der Waals surface area (Å²) in [6, 6.07) is 4.82. The second-order valence-electron chi connectivity index (χ2n) is 4.02. The monoisotopic (exact) mass is 238 g/mol. The Bertz CT molecular complexity index is 364. The minimum atomic E-state index is 0.693. The van der Waals surface area contributed by atoms with Gasteiger partial charge in [0.2, 0.25) is 0 Å². The molecule has 3 atom stereocenters. The number of halogens is 1. The maximum atomic E-state index is 4.54. The van der Waals surface area contributed by atoms with Crippen LogP contribution in [0.4, 0.5) is 5.69 Å². The van der Waals surface area contributed by atoms with Crippen LogP contribution in [-0.4, -0.2) is 11.0 Å². The van der Waals surface area contributed by atoms with Gasteiger partial charge in [0.25, 0.3) is 0 Å². The molecule has 0 amide bonds. The third-order valence-electron chi connectivity index (χ3n) is 3.36. The van der Waals surface area contributed by atoms with E-state index in [1.54, 1.807) is 0 Å². The highest BCUT2D eigenvalue weighted by Crippen LogP contribution is 2.50. The fourth-order valence-electron chi connectivity index (χ4n) is 2.39. The summed E-state index contributed by atoms with van der Waals surface area (Å²) in [7, 11) is 0. The van der Waals surface area contributed by atoms with Crippen molar-refractivity contribution in [3.8, 4) is 0 Å². The Labute approximate surface area is 85.9 Å². The zero-order valence-electron chi connectivity index (χ0n) is 7.42. The van der Waals surface area contributed by atoms with Crippen molar-refractivity contribution >= 4 is 21.6 Å². The second-order valence-corrected chi connectivity index (χ2v) is 4.83. The van der Waals surface area contributed by atoms with Crippen LogP contribution in [0.15, 0.2) is 16.7 Å². The summed E-state index contributed by atoms with van der Waals surface area (Å²) >= 11 is 3.42. The molecule has 2 bridgehead atoms. The van der Waals surface area contributed by atoms with E-state index in [1.807, 2.05) is 6.07 Å². The van der Waals surface area contributed by atoms with E-state index < -0.39 is 0 Å². The van der Waals surface area contributed by atoms with Crippen molar-refractivity contribution in [2.75, 3.05) is 5.32 Å². The summed E-state index contributed by atoms with van der Waals surface area (Å²) in [6.07, 6.45) is 1.26. The van der Waals surface area contributed by atoms with Gasteiger partial charge in [0, 0.05) is 12.0 Å². The second kappa shape index (κ2) is 2.47. The predicted octanol–water partition coefficient (Wildman–Crippen LogP) is 2.76. The fourth-order valence-corrected chi connectivity index (χ4v) is 2.72. The van der Waals surface area contributed by atoms with Crippen LogP contribution in [0.2, 0.25) is 0 Å². The first-order valence-corrected chi connectivity index (χ1v) is 5.48. The molecule has 0 radical (unpaired) electrons. The summed E-state index contributed by atoms with van der Waals surface area (Å²) in [5.41, 5.74) is 2.49. The van der Waals surface area contributed by atoms with Crippen molar-refractivity contribution in [1.82, 2.24) is 4.98 Å². The van der Waals surface area contributed by atoms with E-state index in [4.69, 9.17) is 0 Å². The van der Waals surface area contributed by atoms with E-state index >= 15 is 0 Å². The third kappa shape index (κ3) is 0.966. The topological polar surface area (TPSA) is 24.9 Å².